The molecule has 0 aliphatic carbocycles. The molecule has 0 saturated carbocycles. The number of ether oxygens (including phenoxy) is 1. The molecule has 1 fully saturated rings. The maximum Gasteiger partial charge on any atom is 0.258 e. The minimum atomic E-state index is -0.195. The average Bonchev–Trinajstić information content (AvgIpc) is 2.70. The molecule has 0 radical (unpaired) electrons. The van der Waals surface area contributed by atoms with Gasteiger partial charge in [0.2, 0.25) is 5.91 Å². The summed E-state index contributed by atoms with van der Waals surface area (Å²) in [6, 6.07) is 10.9. The summed E-state index contributed by atoms with van der Waals surface area (Å²) < 4.78 is 5.27. The van der Waals surface area contributed by atoms with Gasteiger partial charge in [-0.3, -0.25) is 9.59 Å². The molecule has 1 aliphatic rings. The average molecular weight is 371 g/mol. The van der Waals surface area contributed by atoms with Gasteiger partial charge in [0.05, 0.1) is 25.2 Å². The Morgan fingerprint density at radius 2 is 1.92 bits per heavy atom. The Morgan fingerprint density at radius 1 is 1.19 bits per heavy atom. The molecule has 3 rings (SSSR count). The van der Waals surface area contributed by atoms with Crippen LogP contribution in [0.1, 0.15) is 15.9 Å². The number of hydrogen-bond donors (Lipinski definition) is 1. The third-order valence-electron chi connectivity index (χ3n) is 4.14. The number of carbonyl (C=O) groups excluding carboxylic acids is 2. The highest BCUT2D eigenvalue weighted by molar-refractivity contribution is 7.98. The van der Waals surface area contributed by atoms with Crippen molar-refractivity contribution in [1.82, 2.24) is 9.88 Å². The highest BCUT2D eigenvalue weighted by Gasteiger charge is 2.17. The Morgan fingerprint density at radius 3 is 2.62 bits per heavy atom. The smallest absolute Gasteiger partial charge is 0.258 e. The van der Waals surface area contributed by atoms with Crippen molar-refractivity contribution in [2.75, 3.05) is 37.9 Å². The van der Waals surface area contributed by atoms with E-state index in [0.29, 0.717) is 49.0 Å². The van der Waals surface area contributed by atoms with Crippen molar-refractivity contribution in [3.63, 3.8) is 0 Å². The van der Waals surface area contributed by atoms with Crippen LogP contribution in [0, 0.1) is 0 Å². The van der Waals surface area contributed by atoms with Gasteiger partial charge in [0.15, 0.2) is 0 Å². The Labute approximate surface area is 156 Å². The first-order chi connectivity index (χ1) is 12.7. The van der Waals surface area contributed by atoms with E-state index in [1.807, 2.05) is 35.4 Å². The monoisotopic (exact) mass is 371 g/mol. The zero-order valence-corrected chi connectivity index (χ0v) is 15.4. The second-order valence-electron chi connectivity index (χ2n) is 5.88. The van der Waals surface area contributed by atoms with Crippen LogP contribution in [-0.2, 0) is 16.0 Å². The topological polar surface area (TPSA) is 71.5 Å². The number of nitrogens with zero attached hydrogens (tertiary/aromatic N) is 2. The molecule has 7 heteroatoms. The molecule has 1 saturated heterocycles. The van der Waals surface area contributed by atoms with Gasteiger partial charge in [-0.15, -0.1) is 11.8 Å². The van der Waals surface area contributed by atoms with E-state index in [2.05, 4.69) is 10.3 Å². The number of aromatic nitrogens is 1. The Bertz CT molecular complexity index is 774. The van der Waals surface area contributed by atoms with Crippen LogP contribution < -0.4 is 5.32 Å². The molecule has 0 spiro atoms. The first-order valence-corrected chi connectivity index (χ1v) is 9.64. The number of nitrogens with one attached hydrogen (secondary N) is 1. The van der Waals surface area contributed by atoms with Gasteiger partial charge in [-0.2, -0.15) is 0 Å². The van der Waals surface area contributed by atoms with Crippen LogP contribution in [0.4, 0.5) is 5.69 Å². The summed E-state index contributed by atoms with van der Waals surface area (Å²) in [5.74, 6) is -0.0929. The first-order valence-electron chi connectivity index (χ1n) is 8.42. The van der Waals surface area contributed by atoms with Crippen LogP contribution in [0.3, 0.4) is 0 Å². The number of morpholine rings is 1. The maximum absolute atomic E-state index is 12.4. The fourth-order valence-corrected chi connectivity index (χ4v) is 3.28. The summed E-state index contributed by atoms with van der Waals surface area (Å²) in [6.45, 7) is 2.50. The van der Waals surface area contributed by atoms with Crippen molar-refractivity contribution < 1.29 is 14.3 Å². The quantitative estimate of drug-likeness (QED) is 0.818. The van der Waals surface area contributed by atoms with Crippen molar-refractivity contribution in [1.29, 1.82) is 0 Å². The third kappa shape index (κ3) is 4.62. The van der Waals surface area contributed by atoms with E-state index in [1.54, 1.807) is 18.3 Å². The van der Waals surface area contributed by atoms with Gasteiger partial charge in [0, 0.05) is 25.0 Å². The number of benzene rings is 1. The summed E-state index contributed by atoms with van der Waals surface area (Å²) in [6.07, 6.45) is 3.91. The number of thioether (sulfide) groups is 1. The molecule has 26 heavy (non-hydrogen) atoms. The highest BCUT2D eigenvalue weighted by atomic mass is 32.2. The third-order valence-corrected chi connectivity index (χ3v) is 4.85. The fraction of sp³-hybridized carbons (Fsp3) is 0.316. The normalized spacial score (nSPS) is 14.1. The molecule has 0 atom stereocenters. The van der Waals surface area contributed by atoms with Crippen molar-refractivity contribution >= 4 is 29.3 Å². The van der Waals surface area contributed by atoms with Crippen molar-refractivity contribution in [3.8, 4) is 0 Å². The summed E-state index contributed by atoms with van der Waals surface area (Å²) >= 11 is 1.43. The standard InChI is InChI=1S/C19H21N3O3S/c1-26-19-16(3-2-8-20-19)18(24)21-15-6-4-14(5-7-15)13-17(23)22-9-11-25-12-10-22/h2-8H,9-13H2,1H3,(H,21,24). The molecule has 2 amide bonds. The van der Waals surface area contributed by atoms with E-state index in [0.717, 1.165) is 5.56 Å². The molecule has 1 aromatic heterocycles. The lowest BCUT2D eigenvalue weighted by Crippen LogP contribution is -2.41. The van der Waals surface area contributed by atoms with Gasteiger partial charge in [0.1, 0.15) is 5.03 Å². The van der Waals surface area contributed by atoms with E-state index in [9.17, 15) is 9.59 Å². The van der Waals surface area contributed by atoms with Crippen LogP contribution in [0.2, 0.25) is 0 Å². The number of rotatable bonds is 5. The predicted molar refractivity (Wildman–Crippen MR) is 102 cm³/mol. The molecule has 0 bridgehead atoms. The molecule has 2 aromatic rings. The van der Waals surface area contributed by atoms with E-state index < -0.39 is 0 Å². The molecular formula is C19H21N3O3S. The first kappa shape index (κ1) is 18.4. The Hall–Kier alpha value is -2.38. The maximum atomic E-state index is 12.4. The van der Waals surface area contributed by atoms with Crippen molar-refractivity contribution in [3.05, 3.63) is 53.7 Å². The summed E-state index contributed by atoms with van der Waals surface area (Å²) in [4.78, 5) is 30.7. The second kappa shape index (κ2) is 8.82. The molecule has 136 valence electrons. The summed E-state index contributed by atoms with van der Waals surface area (Å²) in [5, 5.41) is 3.57. The van der Waals surface area contributed by atoms with Crippen LogP contribution in [0.15, 0.2) is 47.6 Å². The number of amides is 2. The summed E-state index contributed by atoms with van der Waals surface area (Å²) in [5.41, 5.74) is 2.16. The molecule has 1 aromatic carbocycles. The molecule has 1 aliphatic heterocycles. The van der Waals surface area contributed by atoms with Crippen molar-refractivity contribution in [2.45, 2.75) is 11.4 Å². The van der Waals surface area contributed by atoms with Crippen molar-refractivity contribution in [2.24, 2.45) is 0 Å². The lowest BCUT2D eigenvalue weighted by atomic mass is 10.1. The SMILES string of the molecule is CSc1ncccc1C(=O)Nc1ccc(CC(=O)N2CCOCC2)cc1. The number of carbonyl (C=O) groups is 2. The lowest BCUT2D eigenvalue weighted by Gasteiger charge is -2.26. The predicted octanol–water partition coefficient (Wildman–Crippen LogP) is 2.46. The number of pyridine rings is 1. The Kier molecular flexibility index (Phi) is 6.25. The summed E-state index contributed by atoms with van der Waals surface area (Å²) in [7, 11) is 0. The van der Waals surface area contributed by atoms with Crippen LogP contribution in [0.5, 0.6) is 0 Å². The Balaban J connectivity index is 1.60. The highest BCUT2D eigenvalue weighted by Crippen LogP contribution is 2.19. The number of anilines is 1. The van der Waals surface area contributed by atoms with Gasteiger partial charge >= 0.3 is 0 Å². The lowest BCUT2D eigenvalue weighted by molar-refractivity contribution is -0.134. The fourth-order valence-electron chi connectivity index (χ4n) is 2.73. The molecular weight excluding hydrogens is 350 g/mol. The minimum absolute atomic E-state index is 0.102. The van der Waals surface area contributed by atoms with E-state index in [1.165, 1.54) is 11.8 Å². The van der Waals surface area contributed by atoms with Gasteiger partial charge in [-0.1, -0.05) is 12.1 Å². The van der Waals surface area contributed by atoms with Gasteiger partial charge in [-0.05, 0) is 36.1 Å². The van der Waals surface area contributed by atoms with Crippen LogP contribution in [0.25, 0.3) is 0 Å². The number of hydrogen-bond acceptors (Lipinski definition) is 5. The zero-order chi connectivity index (χ0) is 18.4. The largest absolute Gasteiger partial charge is 0.378 e. The van der Waals surface area contributed by atoms with Gasteiger partial charge < -0.3 is 15.0 Å². The minimum Gasteiger partial charge on any atom is -0.378 e. The van der Waals surface area contributed by atoms with Crippen LogP contribution in [-0.4, -0.2) is 54.3 Å². The molecule has 6 nitrogen and oxygen atoms in total. The molecule has 0 unspecified atom stereocenters. The van der Waals surface area contributed by atoms with E-state index in [4.69, 9.17) is 4.74 Å². The van der Waals surface area contributed by atoms with Crippen LogP contribution >= 0.6 is 11.8 Å². The molecule has 2 heterocycles. The zero-order valence-electron chi connectivity index (χ0n) is 14.6. The molecule has 1 N–H and O–H groups in total. The van der Waals surface area contributed by atoms with Gasteiger partial charge in [-0.25, -0.2) is 4.98 Å². The van der Waals surface area contributed by atoms with Gasteiger partial charge in [0.25, 0.3) is 5.91 Å². The van der Waals surface area contributed by atoms with E-state index in [-0.39, 0.29) is 11.8 Å². The van der Waals surface area contributed by atoms with E-state index >= 15 is 0 Å². The second-order valence-corrected chi connectivity index (χ2v) is 6.68.